The van der Waals surface area contributed by atoms with E-state index in [9.17, 15) is 4.79 Å². The number of furan rings is 1. The van der Waals surface area contributed by atoms with Crippen LogP contribution in [0.3, 0.4) is 0 Å². The number of halogens is 2. The first-order valence-electron chi connectivity index (χ1n) is 6.05. The van der Waals surface area contributed by atoms with Crippen LogP contribution in [0.4, 0.5) is 0 Å². The lowest BCUT2D eigenvalue weighted by molar-refractivity contribution is 0.101. The summed E-state index contributed by atoms with van der Waals surface area (Å²) >= 11 is 11.8. The van der Waals surface area contributed by atoms with Crippen molar-refractivity contribution in [3.8, 4) is 0 Å². The van der Waals surface area contributed by atoms with E-state index in [1.165, 1.54) is 0 Å². The molecular formula is C16H10Cl2O2. The Balaban J connectivity index is 2.12. The minimum atomic E-state index is -0.161. The van der Waals surface area contributed by atoms with Crippen LogP contribution >= 0.6 is 23.2 Å². The number of ketones is 1. The molecule has 20 heavy (non-hydrogen) atoms. The maximum Gasteiger partial charge on any atom is 0.228 e. The van der Waals surface area contributed by atoms with E-state index >= 15 is 0 Å². The third kappa shape index (κ3) is 2.21. The summed E-state index contributed by atoms with van der Waals surface area (Å²) in [6, 6.07) is 12.0. The molecule has 0 aliphatic carbocycles. The van der Waals surface area contributed by atoms with Gasteiger partial charge in [0.15, 0.2) is 5.76 Å². The SMILES string of the molecule is Cc1c(C(=O)c2ccc(Cl)cc2)oc2ccc(Cl)cc12. The molecule has 0 unspecified atom stereocenters. The maximum atomic E-state index is 12.5. The molecule has 1 heterocycles. The number of hydrogen-bond donors (Lipinski definition) is 0. The highest BCUT2D eigenvalue weighted by Crippen LogP contribution is 2.29. The van der Waals surface area contributed by atoms with E-state index in [4.69, 9.17) is 27.6 Å². The van der Waals surface area contributed by atoms with Gasteiger partial charge in [0.1, 0.15) is 5.58 Å². The summed E-state index contributed by atoms with van der Waals surface area (Å²) in [5.74, 6) is 0.177. The second-order valence-electron chi connectivity index (χ2n) is 4.53. The highest BCUT2D eigenvalue weighted by molar-refractivity contribution is 6.31. The van der Waals surface area contributed by atoms with Gasteiger partial charge >= 0.3 is 0 Å². The number of fused-ring (bicyclic) bond motifs is 1. The lowest BCUT2D eigenvalue weighted by atomic mass is 10.1. The predicted octanol–water partition coefficient (Wildman–Crippen LogP) is 5.28. The monoisotopic (exact) mass is 304 g/mol. The average molecular weight is 305 g/mol. The molecule has 3 aromatic rings. The molecule has 3 rings (SSSR count). The van der Waals surface area contributed by atoms with Crippen LogP contribution in [0.1, 0.15) is 21.7 Å². The summed E-state index contributed by atoms with van der Waals surface area (Å²) in [5.41, 5.74) is 1.99. The number of aryl methyl sites for hydroxylation is 1. The van der Waals surface area contributed by atoms with Crippen molar-refractivity contribution in [1.82, 2.24) is 0 Å². The summed E-state index contributed by atoms with van der Waals surface area (Å²) in [6.45, 7) is 1.85. The van der Waals surface area contributed by atoms with Gasteiger partial charge in [0.2, 0.25) is 5.78 Å². The zero-order valence-corrected chi connectivity index (χ0v) is 12.1. The molecule has 2 aromatic carbocycles. The molecule has 0 saturated carbocycles. The van der Waals surface area contributed by atoms with Gasteiger partial charge in [0.25, 0.3) is 0 Å². The largest absolute Gasteiger partial charge is 0.452 e. The van der Waals surface area contributed by atoms with E-state index in [1.807, 2.05) is 6.92 Å². The number of hydrogen-bond acceptors (Lipinski definition) is 2. The smallest absolute Gasteiger partial charge is 0.228 e. The van der Waals surface area contributed by atoms with Gasteiger partial charge in [-0.1, -0.05) is 23.2 Å². The quantitative estimate of drug-likeness (QED) is 0.603. The van der Waals surface area contributed by atoms with Crippen molar-refractivity contribution < 1.29 is 9.21 Å². The molecule has 0 aliphatic rings. The van der Waals surface area contributed by atoms with Crippen LogP contribution < -0.4 is 0 Å². The van der Waals surface area contributed by atoms with Crippen LogP contribution in [0.25, 0.3) is 11.0 Å². The summed E-state index contributed by atoms with van der Waals surface area (Å²) in [7, 11) is 0. The fraction of sp³-hybridized carbons (Fsp3) is 0.0625. The second-order valence-corrected chi connectivity index (χ2v) is 5.41. The lowest BCUT2D eigenvalue weighted by Crippen LogP contribution is -2.00. The normalized spacial score (nSPS) is 10.9. The molecule has 0 radical (unpaired) electrons. The van der Waals surface area contributed by atoms with Crippen molar-refractivity contribution >= 4 is 40.0 Å². The van der Waals surface area contributed by atoms with Gasteiger partial charge < -0.3 is 4.42 Å². The van der Waals surface area contributed by atoms with Gasteiger partial charge in [0, 0.05) is 26.6 Å². The molecule has 0 spiro atoms. The Kier molecular flexibility index (Phi) is 3.28. The Bertz CT molecular complexity index is 801. The van der Waals surface area contributed by atoms with Crippen molar-refractivity contribution in [1.29, 1.82) is 0 Å². The van der Waals surface area contributed by atoms with Crippen molar-refractivity contribution in [3.63, 3.8) is 0 Å². The molecule has 0 N–H and O–H groups in total. The standard InChI is InChI=1S/C16H10Cl2O2/c1-9-13-8-12(18)6-7-14(13)20-16(9)15(19)10-2-4-11(17)5-3-10/h2-8H,1H3. The maximum absolute atomic E-state index is 12.5. The minimum absolute atomic E-state index is 0.161. The van der Waals surface area contributed by atoms with E-state index in [2.05, 4.69) is 0 Å². The third-order valence-corrected chi connectivity index (χ3v) is 3.70. The Morgan fingerprint density at radius 1 is 1.00 bits per heavy atom. The lowest BCUT2D eigenvalue weighted by Gasteiger charge is -1.99. The predicted molar refractivity (Wildman–Crippen MR) is 80.8 cm³/mol. The number of carbonyl (C=O) groups excluding carboxylic acids is 1. The Labute approximate surface area is 125 Å². The molecule has 0 aliphatic heterocycles. The molecule has 1 aromatic heterocycles. The molecular weight excluding hydrogens is 295 g/mol. The molecule has 0 saturated heterocycles. The number of benzene rings is 2. The Morgan fingerprint density at radius 3 is 2.35 bits per heavy atom. The fourth-order valence-corrected chi connectivity index (χ4v) is 2.44. The van der Waals surface area contributed by atoms with Gasteiger partial charge in [0.05, 0.1) is 0 Å². The topological polar surface area (TPSA) is 30.2 Å². The van der Waals surface area contributed by atoms with E-state index in [0.717, 1.165) is 10.9 Å². The van der Waals surface area contributed by atoms with Crippen LogP contribution in [0, 0.1) is 6.92 Å². The molecule has 0 bridgehead atoms. The van der Waals surface area contributed by atoms with Gasteiger partial charge in [-0.25, -0.2) is 0 Å². The van der Waals surface area contributed by atoms with Gasteiger partial charge in [-0.15, -0.1) is 0 Å². The summed E-state index contributed by atoms with van der Waals surface area (Å²) < 4.78 is 5.66. The van der Waals surface area contributed by atoms with Crippen molar-refractivity contribution in [3.05, 3.63) is 69.4 Å². The van der Waals surface area contributed by atoms with Crippen LogP contribution in [0.5, 0.6) is 0 Å². The van der Waals surface area contributed by atoms with E-state index in [1.54, 1.807) is 42.5 Å². The molecule has 0 fully saturated rings. The highest BCUT2D eigenvalue weighted by atomic mass is 35.5. The Morgan fingerprint density at radius 2 is 1.65 bits per heavy atom. The minimum Gasteiger partial charge on any atom is -0.452 e. The van der Waals surface area contributed by atoms with Gasteiger partial charge in [-0.3, -0.25) is 4.79 Å². The zero-order chi connectivity index (χ0) is 14.3. The summed E-state index contributed by atoms with van der Waals surface area (Å²) in [4.78, 5) is 12.5. The average Bonchev–Trinajstić information content (AvgIpc) is 2.76. The fourth-order valence-electron chi connectivity index (χ4n) is 2.14. The summed E-state index contributed by atoms with van der Waals surface area (Å²) in [6.07, 6.45) is 0. The van der Waals surface area contributed by atoms with E-state index in [0.29, 0.717) is 27.0 Å². The van der Waals surface area contributed by atoms with Crippen LogP contribution in [-0.4, -0.2) is 5.78 Å². The molecule has 0 amide bonds. The summed E-state index contributed by atoms with van der Waals surface area (Å²) in [5, 5.41) is 2.07. The molecule has 100 valence electrons. The number of carbonyl (C=O) groups is 1. The third-order valence-electron chi connectivity index (χ3n) is 3.21. The molecule has 2 nitrogen and oxygen atoms in total. The van der Waals surface area contributed by atoms with E-state index in [-0.39, 0.29) is 5.78 Å². The van der Waals surface area contributed by atoms with Crippen molar-refractivity contribution in [2.75, 3.05) is 0 Å². The first-order chi connectivity index (χ1) is 9.56. The van der Waals surface area contributed by atoms with Gasteiger partial charge in [-0.05, 0) is 49.4 Å². The van der Waals surface area contributed by atoms with Crippen LogP contribution in [0.15, 0.2) is 46.9 Å². The molecule has 0 atom stereocenters. The van der Waals surface area contributed by atoms with Crippen molar-refractivity contribution in [2.24, 2.45) is 0 Å². The van der Waals surface area contributed by atoms with Crippen molar-refractivity contribution in [2.45, 2.75) is 6.92 Å². The first-order valence-corrected chi connectivity index (χ1v) is 6.81. The van der Waals surface area contributed by atoms with Crippen LogP contribution in [0.2, 0.25) is 10.0 Å². The first kappa shape index (κ1) is 13.2. The van der Waals surface area contributed by atoms with Gasteiger partial charge in [-0.2, -0.15) is 0 Å². The highest BCUT2D eigenvalue weighted by Gasteiger charge is 2.19. The van der Waals surface area contributed by atoms with Crippen LogP contribution in [-0.2, 0) is 0 Å². The Hall–Kier alpha value is -1.77. The second kappa shape index (κ2) is 4.97. The van der Waals surface area contributed by atoms with E-state index < -0.39 is 0 Å². The zero-order valence-electron chi connectivity index (χ0n) is 10.6. The molecule has 4 heteroatoms. The number of rotatable bonds is 2.